The fraction of sp³-hybridized carbons (Fsp3) is 0.462. The molecule has 1 atom stereocenters. The number of hydrogen-bond acceptors (Lipinski definition) is 3. The van der Waals surface area contributed by atoms with E-state index in [1.165, 1.54) is 4.31 Å². The van der Waals surface area contributed by atoms with Crippen LogP contribution >= 0.6 is 0 Å². The monoisotopic (exact) mass is 301 g/mol. The molecule has 1 saturated heterocycles. The number of piperidine rings is 1. The zero-order valence-corrected chi connectivity index (χ0v) is 11.9. The fourth-order valence-electron chi connectivity index (χ4n) is 2.34. The SMILES string of the molecule is C[C@@H]1CCCN(S(=O)(=O)c2cc(C(=O)O)ccc2F)C1. The van der Waals surface area contributed by atoms with E-state index in [1.807, 2.05) is 6.92 Å². The lowest BCUT2D eigenvalue weighted by atomic mass is 10.0. The molecule has 0 bridgehead atoms. The molecule has 5 nitrogen and oxygen atoms in total. The van der Waals surface area contributed by atoms with E-state index in [9.17, 15) is 17.6 Å². The van der Waals surface area contributed by atoms with Gasteiger partial charge >= 0.3 is 5.97 Å². The lowest BCUT2D eigenvalue weighted by Crippen LogP contribution is -2.39. The molecule has 110 valence electrons. The van der Waals surface area contributed by atoms with Gasteiger partial charge in [0.1, 0.15) is 10.7 Å². The molecule has 1 aliphatic rings. The molecule has 0 spiro atoms. The van der Waals surface area contributed by atoms with Crippen molar-refractivity contribution in [3.8, 4) is 0 Å². The summed E-state index contributed by atoms with van der Waals surface area (Å²) in [6.45, 7) is 2.61. The molecule has 0 aliphatic carbocycles. The van der Waals surface area contributed by atoms with Crippen molar-refractivity contribution >= 4 is 16.0 Å². The summed E-state index contributed by atoms with van der Waals surface area (Å²) < 4.78 is 39.9. The van der Waals surface area contributed by atoms with Crippen molar-refractivity contribution in [3.05, 3.63) is 29.6 Å². The van der Waals surface area contributed by atoms with Gasteiger partial charge in [0.15, 0.2) is 0 Å². The number of nitrogens with zero attached hydrogens (tertiary/aromatic N) is 1. The maximum absolute atomic E-state index is 13.8. The van der Waals surface area contributed by atoms with Gasteiger partial charge in [-0.1, -0.05) is 6.92 Å². The van der Waals surface area contributed by atoms with Crippen molar-refractivity contribution in [2.75, 3.05) is 13.1 Å². The molecule has 0 aromatic heterocycles. The molecule has 0 unspecified atom stereocenters. The largest absolute Gasteiger partial charge is 0.478 e. The van der Waals surface area contributed by atoms with Crippen molar-refractivity contribution in [2.45, 2.75) is 24.7 Å². The summed E-state index contributed by atoms with van der Waals surface area (Å²) in [6, 6.07) is 2.81. The lowest BCUT2D eigenvalue weighted by Gasteiger charge is -2.30. The minimum Gasteiger partial charge on any atom is -0.478 e. The number of halogens is 1. The van der Waals surface area contributed by atoms with Crippen LogP contribution in [0.2, 0.25) is 0 Å². The highest BCUT2D eigenvalue weighted by molar-refractivity contribution is 7.89. The van der Waals surface area contributed by atoms with Crippen molar-refractivity contribution in [2.24, 2.45) is 5.92 Å². The van der Waals surface area contributed by atoms with E-state index in [-0.39, 0.29) is 11.5 Å². The van der Waals surface area contributed by atoms with Crippen LogP contribution in [0.3, 0.4) is 0 Å². The summed E-state index contributed by atoms with van der Waals surface area (Å²) in [5, 5.41) is 8.89. The standard InChI is InChI=1S/C13H16FNO4S/c1-9-3-2-6-15(8-9)20(18,19)12-7-10(13(16)17)4-5-11(12)14/h4-5,7,9H,2-3,6,8H2,1H3,(H,16,17)/t9-/m1/s1. The van der Waals surface area contributed by atoms with Crippen LogP contribution in [0.4, 0.5) is 4.39 Å². The van der Waals surface area contributed by atoms with Gasteiger partial charge in [-0.25, -0.2) is 17.6 Å². The Labute approximate surface area is 117 Å². The molecular formula is C13H16FNO4S. The van der Waals surface area contributed by atoms with Crippen LogP contribution in [-0.2, 0) is 10.0 Å². The molecule has 1 aromatic carbocycles. The highest BCUT2D eigenvalue weighted by Crippen LogP contribution is 2.25. The van der Waals surface area contributed by atoms with Crippen LogP contribution in [0.25, 0.3) is 0 Å². The molecule has 2 rings (SSSR count). The van der Waals surface area contributed by atoms with Gasteiger partial charge in [-0.3, -0.25) is 0 Å². The summed E-state index contributed by atoms with van der Waals surface area (Å²) in [5.41, 5.74) is -0.241. The van der Waals surface area contributed by atoms with Crippen LogP contribution in [0.5, 0.6) is 0 Å². The molecule has 0 amide bonds. The highest BCUT2D eigenvalue weighted by Gasteiger charge is 2.31. The quantitative estimate of drug-likeness (QED) is 0.926. The third-order valence-electron chi connectivity index (χ3n) is 3.42. The third-order valence-corrected chi connectivity index (χ3v) is 5.30. The minimum absolute atomic E-state index is 0.212. The zero-order chi connectivity index (χ0) is 14.9. The van der Waals surface area contributed by atoms with Gasteiger partial charge in [0.05, 0.1) is 5.56 Å². The summed E-state index contributed by atoms with van der Waals surface area (Å²) in [6.07, 6.45) is 1.66. The second-order valence-corrected chi connectivity index (χ2v) is 6.97. The van der Waals surface area contributed by atoms with E-state index in [0.29, 0.717) is 13.1 Å². The summed E-state index contributed by atoms with van der Waals surface area (Å²) in [7, 11) is -3.99. The molecule has 7 heteroatoms. The smallest absolute Gasteiger partial charge is 0.335 e. The Bertz CT molecular complexity index is 629. The maximum Gasteiger partial charge on any atom is 0.335 e. The molecule has 1 aliphatic heterocycles. The second kappa shape index (κ2) is 5.49. The van der Waals surface area contributed by atoms with E-state index in [2.05, 4.69) is 0 Å². The van der Waals surface area contributed by atoms with Crippen LogP contribution in [-0.4, -0.2) is 36.9 Å². The number of aromatic carboxylic acids is 1. The Morgan fingerprint density at radius 3 is 2.75 bits per heavy atom. The molecule has 1 fully saturated rings. The van der Waals surface area contributed by atoms with E-state index in [4.69, 9.17) is 5.11 Å². The number of carboxylic acids is 1. The first-order chi connectivity index (χ1) is 9.32. The van der Waals surface area contributed by atoms with Crippen molar-refractivity contribution in [1.29, 1.82) is 0 Å². The minimum atomic E-state index is -3.99. The van der Waals surface area contributed by atoms with Gasteiger partial charge in [-0.15, -0.1) is 0 Å². The highest BCUT2D eigenvalue weighted by atomic mass is 32.2. The van der Waals surface area contributed by atoms with Gasteiger partial charge in [0, 0.05) is 13.1 Å². The Morgan fingerprint density at radius 1 is 1.45 bits per heavy atom. The lowest BCUT2D eigenvalue weighted by molar-refractivity contribution is 0.0696. The molecule has 0 saturated carbocycles. The predicted octanol–water partition coefficient (Wildman–Crippen LogP) is 1.94. The third kappa shape index (κ3) is 2.83. The van der Waals surface area contributed by atoms with E-state index >= 15 is 0 Å². The van der Waals surface area contributed by atoms with Crippen molar-refractivity contribution in [1.82, 2.24) is 4.31 Å². The number of sulfonamides is 1. The van der Waals surface area contributed by atoms with E-state index in [1.54, 1.807) is 0 Å². The van der Waals surface area contributed by atoms with Crippen LogP contribution in [0, 0.1) is 11.7 Å². The van der Waals surface area contributed by atoms with E-state index in [0.717, 1.165) is 31.0 Å². The van der Waals surface area contributed by atoms with Gasteiger partial charge in [0.25, 0.3) is 0 Å². The zero-order valence-electron chi connectivity index (χ0n) is 11.0. The van der Waals surface area contributed by atoms with E-state index < -0.39 is 26.7 Å². The van der Waals surface area contributed by atoms with Crippen molar-refractivity contribution in [3.63, 3.8) is 0 Å². The summed E-state index contributed by atoms with van der Waals surface area (Å²) >= 11 is 0. The molecule has 1 aromatic rings. The average Bonchev–Trinajstić information content (AvgIpc) is 2.38. The van der Waals surface area contributed by atoms with Crippen molar-refractivity contribution < 1.29 is 22.7 Å². The molecule has 20 heavy (non-hydrogen) atoms. The first kappa shape index (κ1) is 14.9. The second-order valence-electron chi connectivity index (χ2n) is 5.06. The molecule has 1 heterocycles. The Balaban J connectivity index is 2.43. The summed E-state index contributed by atoms with van der Waals surface area (Å²) in [4.78, 5) is 10.3. The molecule has 0 radical (unpaired) electrons. The average molecular weight is 301 g/mol. The topological polar surface area (TPSA) is 74.7 Å². The van der Waals surface area contributed by atoms with Gasteiger partial charge in [0.2, 0.25) is 10.0 Å². The number of carbonyl (C=O) groups is 1. The van der Waals surface area contributed by atoms with Crippen LogP contribution in [0.1, 0.15) is 30.1 Å². The number of hydrogen-bond donors (Lipinski definition) is 1. The van der Waals surface area contributed by atoms with Gasteiger partial charge < -0.3 is 5.11 Å². The Hall–Kier alpha value is -1.47. The molecular weight excluding hydrogens is 285 g/mol. The van der Waals surface area contributed by atoms with Gasteiger partial charge in [-0.2, -0.15) is 4.31 Å². The normalized spacial score (nSPS) is 20.8. The number of benzene rings is 1. The summed E-state index contributed by atoms with van der Waals surface area (Å²) in [5.74, 6) is -1.99. The predicted molar refractivity (Wildman–Crippen MR) is 70.5 cm³/mol. The van der Waals surface area contributed by atoms with Crippen LogP contribution < -0.4 is 0 Å². The fourth-order valence-corrected chi connectivity index (χ4v) is 4.03. The number of carboxylic acid groups (broad SMARTS) is 1. The Morgan fingerprint density at radius 2 is 2.15 bits per heavy atom. The number of rotatable bonds is 3. The Kier molecular flexibility index (Phi) is 4.10. The molecule has 1 N–H and O–H groups in total. The first-order valence-electron chi connectivity index (χ1n) is 6.35. The first-order valence-corrected chi connectivity index (χ1v) is 7.79. The van der Waals surface area contributed by atoms with Crippen LogP contribution in [0.15, 0.2) is 23.1 Å². The maximum atomic E-state index is 13.8. The van der Waals surface area contributed by atoms with Gasteiger partial charge in [-0.05, 0) is 37.0 Å².